The smallest absolute Gasteiger partial charge is 0.295 e. The molecule has 29 heavy (non-hydrogen) atoms. The van der Waals surface area contributed by atoms with Gasteiger partial charge in [0.25, 0.3) is 5.91 Å². The van der Waals surface area contributed by atoms with E-state index in [0.717, 1.165) is 16.5 Å². The number of hydrogen-bond donors (Lipinski definition) is 1. The van der Waals surface area contributed by atoms with E-state index >= 15 is 0 Å². The summed E-state index contributed by atoms with van der Waals surface area (Å²) in [5.41, 5.74) is 2.72. The van der Waals surface area contributed by atoms with Crippen LogP contribution in [0.1, 0.15) is 43.6 Å². The first-order valence-corrected chi connectivity index (χ1v) is 9.77. The lowest BCUT2D eigenvalue weighted by Gasteiger charge is -2.18. The summed E-state index contributed by atoms with van der Waals surface area (Å²) in [4.78, 5) is 12.5. The quantitative estimate of drug-likeness (QED) is 0.437. The molecule has 0 aliphatic carbocycles. The minimum atomic E-state index is -0.448. The Balaban J connectivity index is 1.88. The third-order valence-corrected chi connectivity index (χ3v) is 4.82. The van der Waals surface area contributed by atoms with Crippen LogP contribution in [-0.4, -0.2) is 28.8 Å². The number of benzene rings is 2. The highest BCUT2D eigenvalue weighted by Gasteiger charge is 2.17. The molecule has 0 spiro atoms. The molecule has 1 amide bonds. The molecule has 1 aromatic heterocycles. The Morgan fingerprint density at radius 3 is 2.45 bits per heavy atom. The number of carbonyl (C=O) groups excluding carboxylic acids is 1. The van der Waals surface area contributed by atoms with Gasteiger partial charge < -0.3 is 14.4 Å². The van der Waals surface area contributed by atoms with Crippen molar-refractivity contribution in [2.45, 2.75) is 39.7 Å². The molecule has 0 unspecified atom stereocenters. The largest absolute Gasteiger partial charge is 0.493 e. The van der Waals surface area contributed by atoms with Crippen molar-refractivity contribution in [1.82, 2.24) is 4.57 Å². The fourth-order valence-electron chi connectivity index (χ4n) is 3.16. The maximum absolute atomic E-state index is 12.5. The number of para-hydroxylation sites is 1. The summed E-state index contributed by atoms with van der Waals surface area (Å²) in [6, 6.07) is 14.9. The van der Waals surface area contributed by atoms with Crippen molar-refractivity contribution < 1.29 is 14.6 Å². The molecule has 0 aliphatic rings. The van der Waals surface area contributed by atoms with Gasteiger partial charge >= 0.3 is 0 Å². The first kappa shape index (κ1) is 20.7. The predicted octanol–water partition coefficient (Wildman–Crippen LogP) is 5.61. The second-order valence-electron chi connectivity index (χ2n) is 7.87. The summed E-state index contributed by atoms with van der Waals surface area (Å²) in [6.45, 7) is 9.84. The average Bonchev–Trinajstić information content (AvgIpc) is 2.97. The van der Waals surface area contributed by atoms with Crippen LogP contribution < -0.4 is 0 Å². The van der Waals surface area contributed by atoms with Crippen LogP contribution in [-0.2, 0) is 16.7 Å². The fourth-order valence-corrected chi connectivity index (χ4v) is 3.16. The van der Waals surface area contributed by atoms with Gasteiger partial charge in [0, 0.05) is 24.1 Å². The first-order valence-electron chi connectivity index (χ1n) is 9.77. The normalized spacial score (nSPS) is 12.1. The number of fused-ring (bicyclic) bond motifs is 1. The molecule has 1 N–H and O–H groups in total. The van der Waals surface area contributed by atoms with E-state index < -0.39 is 5.91 Å². The van der Waals surface area contributed by atoms with Gasteiger partial charge in [-0.2, -0.15) is 0 Å². The lowest BCUT2D eigenvalue weighted by molar-refractivity contribution is 0.0995. The lowest BCUT2D eigenvalue weighted by atomic mass is 9.87. The van der Waals surface area contributed by atoms with Crippen LogP contribution in [0.2, 0.25) is 0 Å². The maximum atomic E-state index is 12.5. The number of aromatic hydroxyl groups is 1. The van der Waals surface area contributed by atoms with Crippen LogP contribution in [0.4, 0.5) is 5.69 Å². The van der Waals surface area contributed by atoms with Gasteiger partial charge in [0.2, 0.25) is 5.88 Å². The highest BCUT2D eigenvalue weighted by atomic mass is 16.5. The Bertz CT molecular complexity index is 1030. The van der Waals surface area contributed by atoms with Gasteiger partial charge in [0.15, 0.2) is 5.69 Å². The topological polar surface area (TPSA) is 76.2 Å². The van der Waals surface area contributed by atoms with E-state index in [1.54, 1.807) is 16.7 Å². The van der Waals surface area contributed by atoms with Crippen molar-refractivity contribution in [3.05, 3.63) is 59.7 Å². The van der Waals surface area contributed by atoms with Gasteiger partial charge in [0.1, 0.15) is 0 Å². The molecule has 0 aliphatic heterocycles. The van der Waals surface area contributed by atoms with Crippen LogP contribution in [0.15, 0.2) is 58.8 Å². The van der Waals surface area contributed by atoms with E-state index in [4.69, 9.17) is 4.74 Å². The molecular weight excluding hydrogens is 366 g/mol. The van der Waals surface area contributed by atoms with Gasteiger partial charge in [-0.05, 0) is 36.1 Å². The fraction of sp³-hybridized carbons (Fsp3) is 0.348. The molecule has 1 heterocycles. The molecule has 0 fully saturated rings. The van der Waals surface area contributed by atoms with Crippen molar-refractivity contribution in [2.24, 2.45) is 10.2 Å². The molecule has 2 aromatic carbocycles. The summed E-state index contributed by atoms with van der Waals surface area (Å²) >= 11 is 0. The van der Waals surface area contributed by atoms with Crippen molar-refractivity contribution in [3.63, 3.8) is 0 Å². The zero-order valence-electron chi connectivity index (χ0n) is 17.3. The molecule has 0 bridgehead atoms. The zero-order valence-corrected chi connectivity index (χ0v) is 17.3. The average molecular weight is 393 g/mol. The van der Waals surface area contributed by atoms with Crippen LogP contribution >= 0.6 is 0 Å². The number of ether oxygens (including phenoxy) is 1. The van der Waals surface area contributed by atoms with E-state index in [-0.39, 0.29) is 17.0 Å². The minimum Gasteiger partial charge on any atom is -0.493 e. The monoisotopic (exact) mass is 393 g/mol. The third kappa shape index (κ3) is 4.54. The second-order valence-corrected chi connectivity index (χ2v) is 7.87. The van der Waals surface area contributed by atoms with E-state index in [1.165, 1.54) is 0 Å². The molecular formula is C23H27N3O3. The number of amides is 1. The lowest BCUT2D eigenvalue weighted by Crippen LogP contribution is -2.11. The molecule has 0 saturated carbocycles. The molecule has 0 radical (unpaired) electrons. The maximum Gasteiger partial charge on any atom is 0.295 e. The standard InChI is InChI=1S/C23H27N3O3/c1-5-29-15-14-26-19-9-7-6-8-18(19)20(22(26)28)24-25-21(27)16-10-12-17(13-11-16)23(2,3)4/h6-13,28H,5,14-15H2,1-4H3. The Morgan fingerprint density at radius 1 is 1.10 bits per heavy atom. The Morgan fingerprint density at radius 2 is 1.79 bits per heavy atom. The molecule has 3 aromatic rings. The van der Waals surface area contributed by atoms with Crippen LogP contribution in [0.5, 0.6) is 5.88 Å². The molecule has 6 heteroatoms. The summed E-state index contributed by atoms with van der Waals surface area (Å²) in [5.74, 6) is -0.471. The number of carbonyl (C=O) groups is 1. The van der Waals surface area contributed by atoms with E-state index in [9.17, 15) is 9.90 Å². The summed E-state index contributed by atoms with van der Waals surface area (Å²) in [7, 11) is 0. The Kier molecular flexibility index (Phi) is 6.13. The van der Waals surface area contributed by atoms with Gasteiger partial charge in [-0.3, -0.25) is 4.79 Å². The van der Waals surface area contributed by atoms with E-state index in [0.29, 0.717) is 25.3 Å². The Hall–Kier alpha value is -2.99. The van der Waals surface area contributed by atoms with Gasteiger partial charge in [-0.25, -0.2) is 0 Å². The van der Waals surface area contributed by atoms with E-state index in [1.807, 2.05) is 43.3 Å². The Labute approximate surface area is 170 Å². The van der Waals surface area contributed by atoms with Crippen molar-refractivity contribution in [1.29, 1.82) is 0 Å². The van der Waals surface area contributed by atoms with Gasteiger partial charge in [-0.15, -0.1) is 10.2 Å². The molecule has 152 valence electrons. The van der Waals surface area contributed by atoms with Crippen LogP contribution in [0.3, 0.4) is 0 Å². The van der Waals surface area contributed by atoms with Gasteiger partial charge in [0.05, 0.1) is 12.1 Å². The number of nitrogens with zero attached hydrogens (tertiary/aromatic N) is 3. The van der Waals surface area contributed by atoms with Crippen LogP contribution in [0.25, 0.3) is 10.9 Å². The first-order chi connectivity index (χ1) is 13.8. The van der Waals surface area contributed by atoms with E-state index in [2.05, 4.69) is 31.0 Å². The number of hydrogen-bond acceptors (Lipinski definition) is 4. The molecule has 0 saturated heterocycles. The second kappa shape index (κ2) is 8.57. The molecule has 3 rings (SSSR count). The summed E-state index contributed by atoms with van der Waals surface area (Å²) in [5, 5.41) is 19.4. The summed E-state index contributed by atoms with van der Waals surface area (Å²) in [6.07, 6.45) is 0. The SMILES string of the molecule is CCOCCn1c(O)c(N=NC(=O)c2ccc(C(C)(C)C)cc2)c2ccccc21. The van der Waals surface area contributed by atoms with Crippen molar-refractivity contribution in [3.8, 4) is 5.88 Å². The zero-order chi connectivity index (χ0) is 21.0. The van der Waals surface area contributed by atoms with Crippen molar-refractivity contribution >= 4 is 22.5 Å². The third-order valence-electron chi connectivity index (χ3n) is 4.82. The van der Waals surface area contributed by atoms with Gasteiger partial charge in [-0.1, -0.05) is 51.1 Å². The number of rotatable bonds is 6. The van der Waals surface area contributed by atoms with Crippen molar-refractivity contribution in [2.75, 3.05) is 13.2 Å². The van der Waals surface area contributed by atoms with Crippen LogP contribution in [0, 0.1) is 0 Å². The summed E-state index contributed by atoms with van der Waals surface area (Å²) < 4.78 is 7.12. The molecule has 0 atom stereocenters. The predicted molar refractivity (Wildman–Crippen MR) is 114 cm³/mol. The number of azo groups is 1. The minimum absolute atomic E-state index is 0.0121. The number of aromatic nitrogens is 1. The molecule has 6 nitrogen and oxygen atoms in total. The highest BCUT2D eigenvalue weighted by molar-refractivity contribution is 5.97. The highest BCUT2D eigenvalue weighted by Crippen LogP contribution is 2.38.